The summed E-state index contributed by atoms with van der Waals surface area (Å²) >= 11 is 14.8. The summed E-state index contributed by atoms with van der Waals surface area (Å²) in [6, 6.07) is 0. The van der Waals surface area contributed by atoms with Crippen molar-refractivity contribution < 1.29 is 50.6 Å². The second kappa shape index (κ2) is 104. The van der Waals surface area contributed by atoms with E-state index in [1.807, 2.05) is 0 Å². The van der Waals surface area contributed by atoms with E-state index >= 15 is 0 Å². The average molecular weight is 450 g/mol. The van der Waals surface area contributed by atoms with Crippen molar-refractivity contribution in [3.8, 4) is 21.6 Å². The first-order valence-electron chi connectivity index (χ1n) is 1.71. The van der Waals surface area contributed by atoms with E-state index in [0.717, 1.165) is 0 Å². The molecule has 0 atom stereocenters. The Morgan fingerprint density at radius 3 is 0.571 bits per heavy atom. The summed E-state index contributed by atoms with van der Waals surface area (Å²) in [5, 5.41) is 33.9. The van der Waals surface area contributed by atoms with Crippen LogP contribution in [0.5, 0.6) is 0 Å². The van der Waals surface area contributed by atoms with Crippen LogP contribution in [0.4, 0.5) is 0 Å². The third kappa shape index (κ3) is 5970. The summed E-state index contributed by atoms with van der Waals surface area (Å²) in [4.78, 5) is 0. The Bertz CT molecular complexity index is 163. The Kier molecular flexibility index (Phi) is 270. The molecule has 0 fully saturated rings. The molecule has 10 heteroatoms. The SMILES string of the molecule is N#C[S-].N#C[S-].N#C[S-].N#C[S-].[Na+].[Pt+2]. The predicted molar refractivity (Wildman–Crippen MR) is 51.9 cm³/mol. The molecule has 0 bridgehead atoms. The summed E-state index contributed by atoms with van der Waals surface area (Å²) in [5.74, 6) is 0. The molecule has 0 rings (SSSR count). The van der Waals surface area contributed by atoms with Gasteiger partial charge in [-0.3, -0.25) is 0 Å². The van der Waals surface area contributed by atoms with Crippen LogP contribution in [0.25, 0.3) is 0 Å². The van der Waals surface area contributed by atoms with Gasteiger partial charge in [0, 0.05) is 0 Å². The first-order valence-corrected chi connectivity index (χ1v) is 3.34. The maximum atomic E-state index is 7.13. The Morgan fingerprint density at radius 1 is 0.571 bits per heavy atom. The minimum Gasteiger partial charge on any atom is -0.696 e. The quantitative estimate of drug-likeness (QED) is 0.220. The Hall–Kier alpha value is 0.528. The monoisotopic (exact) mass is 450 g/mol. The topological polar surface area (TPSA) is 95.2 Å². The van der Waals surface area contributed by atoms with Gasteiger partial charge in [-0.2, -0.15) is 0 Å². The molecule has 0 N–H and O–H groups in total. The summed E-state index contributed by atoms with van der Waals surface area (Å²) in [5.41, 5.74) is 0. The van der Waals surface area contributed by atoms with Crippen LogP contribution >= 0.6 is 0 Å². The summed E-state index contributed by atoms with van der Waals surface area (Å²) in [6.07, 6.45) is 0. The number of nitrogens with zero attached hydrogens (tertiary/aromatic N) is 4. The number of rotatable bonds is 0. The van der Waals surface area contributed by atoms with Crippen molar-refractivity contribution in [3.05, 3.63) is 0 Å². The fourth-order valence-electron chi connectivity index (χ4n) is 0. The zero-order valence-corrected chi connectivity index (χ0v) is 14.3. The van der Waals surface area contributed by atoms with Crippen LogP contribution in [0.2, 0.25) is 0 Å². The molecule has 0 spiro atoms. The van der Waals surface area contributed by atoms with Gasteiger partial charge in [0.25, 0.3) is 0 Å². The molecule has 0 aliphatic rings. The molecule has 4 nitrogen and oxygen atoms in total. The maximum absolute atomic E-state index is 7.13. The van der Waals surface area contributed by atoms with Gasteiger partial charge in [-0.15, -0.1) is 0 Å². The Balaban J connectivity index is -0.0000000145. The molecule has 0 aliphatic heterocycles. The van der Waals surface area contributed by atoms with E-state index in [-0.39, 0.29) is 50.6 Å². The fourth-order valence-corrected chi connectivity index (χ4v) is 0. The molecule has 0 radical (unpaired) electrons. The van der Waals surface area contributed by atoms with Crippen LogP contribution < -0.4 is 29.6 Å². The molecule has 0 saturated carbocycles. The number of hydrogen-bond donors (Lipinski definition) is 0. The van der Waals surface area contributed by atoms with Gasteiger partial charge < -0.3 is 50.5 Å². The predicted octanol–water partition coefficient (Wildman–Crippen LogP) is -2.94. The van der Waals surface area contributed by atoms with Crippen molar-refractivity contribution in [1.29, 1.82) is 21.0 Å². The van der Waals surface area contributed by atoms with Gasteiger partial charge in [-0.05, 0) is 0 Å². The second-order valence-electron chi connectivity index (χ2n) is 0.365. The number of thiocyanates is 4. The molecule has 0 amide bonds. The standard InChI is InChI=1S/4CHNS.Na.Pt/c4*2-1-3;;/h4*3H;;/q;;;;+1;+2/p-4. The van der Waals surface area contributed by atoms with Crippen molar-refractivity contribution >= 4 is 50.5 Å². The number of nitriles is 4. The molecule has 0 aliphatic carbocycles. The minimum absolute atomic E-state index is 0. The van der Waals surface area contributed by atoms with E-state index in [4.69, 9.17) is 21.0 Å². The van der Waals surface area contributed by atoms with Crippen LogP contribution in [-0.2, 0) is 71.6 Å². The van der Waals surface area contributed by atoms with E-state index in [2.05, 4.69) is 50.5 Å². The van der Waals surface area contributed by atoms with Crippen molar-refractivity contribution in [2.24, 2.45) is 0 Å². The van der Waals surface area contributed by atoms with Gasteiger partial charge in [0.05, 0.1) is 0 Å². The van der Waals surface area contributed by atoms with Crippen molar-refractivity contribution in [1.82, 2.24) is 0 Å². The molecule has 14 heavy (non-hydrogen) atoms. The first-order chi connectivity index (χ1) is 5.66. The van der Waals surface area contributed by atoms with Crippen LogP contribution in [0.1, 0.15) is 0 Å². The van der Waals surface area contributed by atoms with Gasteiger partial charge in [0.15, 0.2) is 0 Å². The van der Waals surface area contributed by atoms with E-state index in [0.29, 0.717) is 0 Å². The fraction of sp³-hybridized carbons (Fsp3) is 0. The van der Waals surface area contributed by atoms with Crippen LogP contribution in [0.15, 0.2) is 0 Å². The summed E-state index contributed by atoms with van der Waals surface area (Å²) in [7, 11) is 0. The molecule has 0 aromatic heterocycles. The maximum Gasteiger partial charge on any atom is 2.00 e. The zero-order valence-electron chi connectivity index (χ0n) is 6.74. The third-order valence-electron chi connectivity index (χ3n) is 0. The smallest absolute Gasteiger partial charge is 0.696 e. The second-order valence-corrected chi connectivity index (χ2v) is 1.10. The van der Waals surface area contributed by atoms with Crippen molar-refractivity contribution in [2.75, 3.05) is 0 Å². The van der Waals surface area contributed by atoms with Crippen LogP contribution in [0, 0.1) is 42.7 Å². The van der Waals surface area contributed by atoms with Crippen LogP contribution in [0.3, 0.4) is 0 Å². The normalized spacial score (nSPS) is 2.00. The average Bonchev–Trinajstić information content (AvgIpc) is 1.92. The van der Waals surface area contributed by atoms with Gasteiger partial charge in [-0.25, -0.2) is 21.0 Å². The first kappa shape index (κ1) is 36.6. The molecular weight excluding hydrogens is 450 g/mol. The molecule has 0 aromatic carbocycles. The van der Waals surface area contributed by atoms with Gasteiger partial charge in [-0.1, -0.05) is 21.6 Å². The van der Waals surface area contributed by atoms with E-state index in [1.54, 1.807) is 0 Å². The van der Waals surface area contributed by atoms with E-state index < -0.39 is 0 Å². The molecule has 0 saturated heterocycles. The van der Waals surface area contributed by atoms with Gasteiger partial charge >= 0.3 is 50.6 Å². The summed E-state index contributed by atoms with van der Waals surface area (Å²) in [6.45, 7) is 0. The van der Waals surface area contributed by atoms with Gasteiger partial charge in [0.1, 0.15) is 0 Å². The third-order valence-corrected chi connectivity index (χ3v) is 0. The molecule has 0 heterocycles. The van der Waals surface area contributed by atoms with Crippen molar-refractivity contribution in [2.45, 2.75) is 0 Å². The summed E-state index contributed by atoms with van der Waals surface area (Å²) < 4.78 is 0. The van der Waals surface area contributed by atoms with E-state index in [9.17, 15) is 0 Å². The van der Waals surface area contributed by atoms with E-state index in [1.165, 1.54) is 21.6 Å². The molecular formula is C4N4NaPtS4-. The molecule has 0 unspecified atom stereocenters. The Morgan fingerprint density at radius 2 is 0.571 bits per heavy atom. The minimum atomic E-state index is 0. The van der Waals surface area contributed by atoms with Crippen LogP contribution in [-0.4, -0.2) is 0 Å². The molecule has 72 valence electrons. The van der Waals surface area contributed by atoms with Crippen molar-refractivity contribution in [3.63, 3.8) is 0 Å². The number of hydrogen-bond acceptors (Lipinski definition) is 8. The largest absolute Gasteiger partial charge is 2.00 e. The Labute approximate surface area is 142 Å². The molecule has 0 aromatic rings. The van der Waals surface area contributed by atoms with Gasteiger partial charge in [0.2, 0.25) is 0 Å². The zero-order chi connectivity index (χ0) is 10.8.